The Morgan fingerprint density at radius 2 is 1.59 bits per heavy atom. The molecule has 1 heterocycles. The van der Waals surface area contributed by atoms with Crippen molar-refractivity contribution in [2.24, 2.45) is 4.99 Å². The first kappa shape index (κ1) is 18.3. The Bertz CT molecular complexity index is 1190. The molecule has 0 N–H and O–H groups in total. The van der Waals surface area contributed by atoms with Crippen LogP contribution in [0.2, 0.25) is 0 Å². The third-order valence-corrected chi connectivity index (χ3v) is 4.52. The van der Waals surface area contributed by atoms with Crippen LogP contribution in [0.3, 0.4) is 0 Å². The summed E-state index contributed by atoms with van der Waals surface area (Å²) in [5.41, 5.74) is 3.82. The Kier molecular flexibility index (Phi) is 5.22. The third kappa shape index (κ3) is 3.80. The van der Waals surface area contributed by atoms with Gasteiger partial charge in [0.15, 0.2) is 0 Å². The maximum Gasteiger partial charge on any atom is 0.238 e. The molecule has 0 radical (unpaired) electrons. The first-order valence-electron chi connectivity index (χ1n) is 9.16. The highest BCUT2D eigenvalue weighted by atomic mass is 16.5. The van der Waals surface area contributed by atoms with Crippen molar-refractivity contribution < 1.29 is 9.15 Å². The summed E-state index contributed by atoms with van der Waals surface area (Å²) in [7, 11) is 1.62. The Hall–Kier alpha value is -4.10. The molecule has 4 rings (SSSR count). The predicted molar refractivity (Wildman–Crippen MR) is 115 cm³/mol. The monoisotopic (exact) mass is 378 g/mol. The summed E-state index contributed by atoms with van der Waals surface area (Å²) in [6.07, 6.45) is 1.67. The summed E-state index contributed by atoms with van der Waals surface area (Å²) in [6, 6.07) is 29.3. The van der Waals surface area contributed by atoms with E-state index < -0.39 is 0 Å². The first-order chi connectivity index (χ1) is 14.3. The van der Waals surface area contributed by atoms with Gasteiger partial charge in [0.25, 0.3) is 0 Å². The van der Waals surface area contributed by atoms with E-state index in [1.54, 1.807) is 13.3 Å². The normalized spacial score (nSPS) is 10.8. The van der Waals surface area contributed by atoms with E-state index in [4.69, 9.17) is 9.15 Å². The average Bonchev–Trinajstić information content (AvgIpc) is 3.17. The molecule has 0 bridgehead atoms. The van der Waals surface area contributed by atoms with Gasteiger partial charge in [0, 0.05) is 17.3 Å². The fraction of sp³-hybridized carbons (Fsp3) is 0.0400. The van der Waals surface area contributed by atoms with Gasteiger partial charge in [-0.15, -0.1) is 0 Å². The third-order valence-electron chi connectivity index (χ3n) is 4.52. The van der Waals surface area contributed by atoms with Crippen LogP contribution in [0.25, 0.3) is 22.5 Å². The Labute approximate surface area is 169 Å². The smallest absolute Gasteiger partial charge is 0.238 e. The van der Waals surface area contributed by atoms with Gasteiger partial charge in [-0.25, -0.2) is 4.99 Å². The van der Waals surface area contributed by atoms with Crippen LogP contribution >= 0.6 is 0 Å². The van der Waals surface area contributed by atoms with Crippen molar-refractivity contribution in [1.29, 1.82) is 5.26 Å². The largest absolute Gasteiger partial charge is 0.497 e. The second-order valence-corrected chi connectivity index (χ2v) is 6.37. The van der Waals surface area contributed by atoms with Gasteiger partial charge in [0.05, 0.1) is 7.11 Å². The molecule has 4 nitrogen and oxygen atoms in total. The Morgan fingerprint density at radius 3 is 2.24 bits per heavy atom. The molecule has 140 valence electrons. The van der Waals surface area contributed by atoms with E-state index in [9.17, 15) is 5.26 Å². The lowest BCUT2D eigenvalue weighted by Gasteiger charge is -2.03. The van der Waals surface area contributed by atoms with Gasteiger partial charge in [-0.05, 0) is 23.3 Å². The second-order valence-electron chi connectivity index (χ2n) is 6.37. The zero-order valence-corrected chi connectivity index (χ0v) is 15.9. The molecule has 0 saturated carbocycles. The Balaban J connectivity index is 1.86. The average molecular weight is 378 g/mol. The number of nitrogens with zero attached hydrogens (tertiary/aromatic N) is 2. The number of aliphatic imine (C=N–C) groups is 1. The van der Waals surface area contributed by atoms with E-state index in [0.717, 1.165) is 28.0 Å². The van der Waals surface area contributed by atoms with Gasteiger partial charge in [-0.1, -0.05) is 72.8 Å². The standard InChI is InChI=1S/C25H18N2O2/c1-28-21-14-8-9-18(15-21)17-27-25-22(16-26)23(19-10-4-2-5-11-19)24(29-25)20-12-6-3-7-13-20/h2-15,17H,1H3. The predicted octanol–water partition coefficient (Wildman–Crippen LogP) is 6.24. The summed E-state index contributed by atoms with van der Waals surface area (Å²) in [5.74, 6) is 1.66. The van der Waals surface area contributed by atoms with E-state index in [2.05, 4.69) is 11.1 Å². The molecule has 0 aliphatic carbocycles. The molecule has 1 aromatic heterocycles. The number of furan rings is 1. The number of benzene rings is 3. The lowest BCUT2D eigenvalue weighted by Crippen LogP contribution is -1.85. The number of nitriles is 1. The molecule has 0 saturated heterocycles. The zero-order valence-electron chi connectivity index (χ0n) is 15.9. The van der Waals surface area contributed by atoms with Crippen molar-refractivity contribution in [3.8, 4) is 34.3 Å². The summed E-state index contributed by atoms with van der Waals surface area (Å²) < 4.78 is 11.4. The van der Waals surface area contributed by atoms with Gasteiger partial charge in [0.2, 0.25) is 5.88 Å². The molecule has 0 spiro atoms. The van der Waals surface area contributed by atoms with Gasteiger partial charge >= 0.3 is 0 Å². The molecule has 4 heteroatoms. The summed E-state index contributed by atoms with van der Waals surface area (Å²) >= 11 is 0. The minimum Gasteiger partial charge on any atom is -0.497 e. The van der Waals surface area contributed by atoms with Crippen molar-refractivity contribution in [3.05, 3.63) is 96.1 Å². The van der Waals surface area contributed by atoms with Crippen LogP contribution in [-0.2, 0) is 0 Å². The van der Waals surface area contributed by atoms with Crippen LogP contribution in [0.4, 0.5) is 5.88 Å². The maximum atomic E-state index is 9.90. The van der Waals surface area contributed by atoms with Gasteiger partial charge in [-0.3, -0.25) is 0 Å². The van der Waals surface area contributed by atoms with Gasteiger partial charge < -0.3 is 9.15 Å². The van der Waals surface area contributed by atoms with Crippen molar-refractivity contribution >= 4 is 12.1 Å². The van der Waals surface area contributed by atoms with Gasteiger partial charge in [0.1, 0.15) is 23.1 Å². The number of hydrogen-bond donors (Lipinski definition) is 0. The van der Waals surface area contributed by atoms with Crippen LogP contribution in [0.5, 0.6) is 5.75 Å². The molecule has 29 heavy (non-hydrogen) atoms. The van der Waals surface area contributed by atoms with Crippen LogP contribution in [0.1, 0.15) is 11.1 Å². The molecular weight excluding hydrogens is 360 g/mol. The molecular formula is C25H18N2O2. The molecule has 3 aromatic carbocycles. The van der Waals surface area contributed by atoms with Gasteiger partial charge in [-0.2, -0.15) is 5.26 Å². The van der Waals surface area contributed by atoms with E-state index in [-0.39, 0.29) is 5.88 Å². The fourth-order valence-electron chi connectivity index (χ4n) is 3.14. The lowest BCUT2D eigenvalue weighted by molar-refractivity contribution is 0.415. The first-order valence-corrected chi connectivity index (χ1v) is 9.16. The van der Waals surface area contributed by atoms with E-state index in [0.29, 0.717) is 11.3 Å². The molecule has 0 unspecified atom stereocenters. The minimum atomic E-state index is 0.285. The maximum absolute atomic E-state index is 9.90. The fourth-order valence-corrected chi connectivity index (χ4v) is 3.14. The highest BCUT2D eigenvalue weighted by Crippen LogP contribution is 2.42. The number of rotatable bonds is 5. The van der Waals surface area contributed by atoms with Crippen LogP contribution in [-0.4, -0.2) is 13.3 Å². The highest BCUT2D eigenvalue weighted by Gasteiger charge is 2.22. The topological polar surface area (TPSA) is 58.5 Å². The quantitative estimate of drug-likeness (QED) is 0.386. The molecule has 0 aliphatic rings. The Morgan fingerprint density at radius 1 is 0.897 bits per heavy atom. The second kappa shape index (κ2) is 8.28. The molecule has 0 aliphatic heterocycles. The molecule has 4 aromatic rings. The molecule has 0 fully saturated rings. The van der Waals surface area contributed by atoms with Crippen LogP contribution in [0, 0.1) is 11.3 Å². The SMILES string of the molecule is COc1cccc(C=Nc2oc(-c3ccccc3)c(-c3ccccc3)c2C#N)c1. The van der Waals surface area contributed by atoms with Crippen LogP contribution in [0.15, 0.2) is 94.3 Å². The summed E-state index contributed by atoms with van der Waals surface area (Å²) in [4.78, 5) is 4.49. The van der Waals surface area contributed by atoms with Crippen molar-refractivity contribution in [1.82, 2.24) is 0 Å². The molecule has 0 amide bonds. The number of ether oxygens (including phenoxy) is 1. The summed E-state index contributed by atoms with van der Waals surface area (Å²) in [6.45, 7) is 0. The number of methoxy groups -OCH3 is 1. The number of hydrogen-bond acceptors (Lipinski definition) is 4. The van der Waals surface area contributed by atoms with Crippen LogP contribution < -0.4 is 4.74 Å². The zero-order chi connectivity index (χ0) is 20.1. The minimum absolute atomic E-state index is 0.285. The van der Waals surface area contributed by atoms with E-state index in [1.807, 2.05) is 84.9 Å². The molecule has 0 atom stereocenters. The highest BCUT2D eigenvalue weighted by molar-refractivity contribution is 5.89. The van der Waals surface area contributed by atoms with Crippen molar-refractivity contribution in [3.63, 3.8) is 0 Å². The van der Waals surface area contributed by atoms with Crippen molar-refractivity contribution in [2.75, 3.05) is 7.11 Å². The van der Waals surface area contributed by atoms with E-state index in [1.165, 1.54) is 0 Å². The van der Waals surface area contributed by atoms with E-state index >= 15 is 0 Å². The lowest BCUT2D eigenvalue weighted by atomic mass is 9.98. The van der Waals surface area contributed by atoms with Crippen molar-refractivity contribution in [2.45, 2.75) is 0 Å². The summed E-state index contributed by atoms with van der Waals surface area (Å²) in [5, 5.41) is 9.90.